The summed E-state index contributed by atoms with van der Waals surface area (Å²) in [5.74, 6) is 5.40. The standard InChI is InChI=1S/C25H22N2O2/c28-24(22-16-8-3-9-17-22)27-23(19-21-13-6-2-7-14-21)25(29)26-18-10-15-20-11-4-1-5-12-20/h1-9,11-14,16-17,23H,18-19H2,(H,26,29)(H,27,28). The molecular weight excluding hydrogens is 360 g/mol. The molecule has 29 heavy (non-hydrogen) atoms. The van der Waals surface area contributed by atoms with Crippen LogP contribution in [-0.4, -0.2) is 24.4 Å². The molecule has 0 saturated carbocycles. The van der Waals surface area contributed by atoms with Crippen LogP contribution in [0.4, 0.5) is 0 Å². The predicted octanol–water partition coefficient (Wildman–Crippen LogP) is 3.20. The minimum atomic E-state index is -0.691. The minimum absolute atomic E-state index is 0.209. The lowest BCUT2D eigenvalue weighted by molar-refractivity contribution is -0.122. The highest BCUT2D eigenvalue weighted by molar-refractivity contribution is 5.97. The predicted molar refractivity (Wildman–Crippen MR) is 114 cm³/mol. The molecule has 0 aliphatic heterocycles. The van der Waals surface area contributed by atoms with Gasteiger partial charge in [-0.3, -0.25) is 9.59 Å². The summed E-state index contributed by atoms with van der Waals surface area (Å²) in [6, 6.07) is 27.4. The number of nitrogens with one attached hydrogen (secondary N) is 2. The van der Waals surface area contributed by atoms with E-state index in [9.17, 15) is 9.59 Å². The van der Waals surface area contributed by atoms with Crippen LogP contribution in [0.25, 0.3) is 0 Å². The Balaban J connectivity index is 1.65. The van der Waals surface area contributed by atoms with Crippen LogP contribution in [0.2, 0.25) is 0 Å². The maximum Gasteiger partial charge on any atom is 0.251 e. The molecule has 3 aromatic rings. The molecule has 4 heteroatoms. The molecule has 0 fully saturated rings. The zero-order valence-electron chi connectivity index (χ0n) is 16.0. The second-order valence-electron chi connectivity index (χ2n) is 6.47. The summed E-state index contributed by atoms with van der Waals surface area (Å²) in [6.45, 7) is 0.209. The molecular formula is C25H22N2O2. The largest absolute Gasteiger partial charge is 0.343 e. The van der Waals surface area contributed by atoms with Gasteiger partial charge in [-0.2, -0.15) is 0 Å². The van der Waals surface area contributed by atoms with Gasteiger partial charge in [-0.1, -0.05) is 78.6 Å². The van der Waals surface area contributed by atoms with Crippen molar-refractivity contribution in [1.82, 2.24) is 10.6 Å². The Labute approximate surface area is 171 Å². The number of benzene rings is 3. The maximum atomic E-state index is 12.7. The van der Waals surface area contributed by atoms with Crippen LogP contribution >= 0.6 is 0 Å². The first-order valence-electron chi connectivity index (χ1n) is 9.44. The van der Waals surface area contributed by atoms with Crippen LogP contribution < -0.4 is 10.6 Å². The summed E-state index contributed by atoms with van der Waals surface area (Å²) in [7, 11) is 0. The van der Waals surface area contributed by atoms with E-state index in [0.29, 0.717) is 12.0 Å². The van der Waals surface area contributed by atoms with Gasteiger partial charge < -0.3 is 10.6 Å². The average molecular weight is 382 g/mol. The zero-order chi connectivity index (χ0) is 20.3. The fourth-order valence-corrected chi connectivity index (χ4v) is 2.81. The number of carbonyl (C=O) groups is 2. The molecule has 1 unspecified atom stereocenters. The Morgan fingerprint density at radius 3 is 2.03 bits per heavy atom. The van der Waals surface area contributed by atoms with E-state index in [1.807, 2.05) is 66.7 Å². The second kappa shape index (κ2) is 10.5. The van der Waals surface area contributed by atoms with E-state index < -0.39 is 6.04 Å². The van der Waals surface area contributed by atoms with Crippen molar-refractivity contribution in [2.75, 3.05) is 6.54 Å². The van der Waals surface area contributed by atoms with Gasteiger partial charge >= 0.3 is 0 Å². The Bertz CT molecular complexity index is 991. The van der Waals surface area contributed by atoms with E-state index >= 15 is 0 Å². The van der Waals surface area contributed by atoms with E-state index in [4.69, 9.17) is 0 Å². The summed E-state index contributed by atoms with van der Waals surface area (Å²) in [6.07, 6.45) is 0.400. The molecule has 0 aliphatic carbocycles. The van der Waals surface area contributed by atoms with E-state index in [0.717, 1.165) is 11.1 Å². The molecule has 1 atom stereocenters. The molecule has 3 aromatic carbocycles. The first-order chi connectivity index (χ1) is 14.2. The van der Waals surface area contributed by atoms with Gasteiger partial charge in [-0.15, -0.1) is 0 Å². The lowest BCUT2D eigenvalue weighted by atomic mass is 10.0. The monoisotopic (exact) mass is 382 g/mol. The van der Waals surface area contributed by atoms with Crippen LogP contribution in [0.5, 0.6) is 0 Å². The van der Waals surface area contributed by atoms with Gasteiger partial charge in [0.1, 0.15) is 6.04 Å². The summed E-state index contributed by atoms with van der Waals surface area (Å²) in [5.41, 5.74) is 2.37. The van der Waals surface area contributed by atoms with Crippen molar-refractivity contribution in [1.29, 1.82) is 0 Å². The molecule has 0 aromatic heterocycles. The highest BCUT2D eigenvalue weighted by Gasteiger charge is 2.21. The molecule has 0 aliphatic rings. The van der Waals surface area contributed by atoms with E-state index in [2.05, 4.69) is 22.5 Å². The van der Waals surface area contributed by atoms with Crippen LogP contribution in [0.15, 0.2) is 91.0 Å². The molecule has 0 radical (unpaired) electrons. The Hall–Kier alpha value is -3.84. The minimum Gasteiger partial charge on any atom is -0.343 e. The van der Waals surface area contributed by atoms with E-state index in [1.165, 1.54) is 0 Å². The normalized spacial score (nSPS) is 10.9. The van der Waals surface area contributed by atoms with Crippen molar-refractivity contribution < 1.29 is 9.59 Å². The van der Waals surface area contributed by atoms with Crippen LogP contribution in [0, 0.1) is 11.8 Å². The number of hydrogen-bond donors (Lipinski definition) is 2. The van der Waals surface area contributed by atoms with Crippen molar-refractivity contribution in [3.63, 3.8) is 0 Å². The number of rotatable bonds is 6. The topological polar surface area (TPSA) is 58.2 Å². The third-order valence-electron chi connectivity index (χ3n) is 4.30. The molecule has 3 rings (SSSR count). The van der Waals surface area contributed by atoms with Gasteiger partial charge in [-0.25, -0.2) is 0 Å². The molecule has 4 nitrogen and oxygen atoms in total. The van der Waals surface area contributed by atoms with Crippen LogP contribution in [0.3, 0.4) is 0 Å². The van der Waals surface area contributed by atoms with E-state index in [-0.39, 0.29) is 18.4 Å². The van der Waals surface area contributed by atoms with Gasteiger partial charge in [0.05, 0.1) is 6.54 Å². The first kappa shape index (κ1) is 19.9. The molecule has 0 heterocycles. The van der Waals surface area contributed by atoms with Crippen molar-refractivity contribution in [3.05, 3.63) is 108 Å². The zero-order valence-corrected chi connectivity index (χ0v) is 16.0. The Morgan fingerprint density at radius 1 is 0.793 bits per heavy atom. The van der Waals surface area contributed by atoms with Gasteiger partial charge in [0.15, 0.2) is 0 Å². The van der Waals surface area contributed by atoms with Gasteiger partial charge in [0.25, 0.3) is 5.91 Å². The van der Waals surface area contributed by atoms with E-state index in [1.54, 1.807) is 24.3 Å². The van der Waals surface area contributed by atoms with Gasteiger partial charge in [-0.05, 0) is 29.8 Å². The molecule has 0 saturated heterocycles. The lowest BCUT2D eigenvalue weighted by Crippen LogP contribution is -2.48. The highest BCUT2D eigenvalue weighted by Crippen LogP contribution is 2.06. The Morgan fingerprint density at radius 2 is 1.38 bits per heavy atom. The van der Waals surface area contributed by atoms with Gasteiger partial charge in [0, 0.05) is 17.5 Å². The molecule has 144 valence electrons. The fraction of sp³-hybridized carbons (Fsp3) is 0.120. The molecule has 2 amide bonds. The van der Waals surface area contributed by atoms with Crippen molar-refractivity contribution >= 4 is 11.8 Å². The molecule has 2 N–H and O–H groups in total. The third-order valence-corrected chi connectivity index (χ3v) is 4.30. The summed E-state index contributed by atoms with van der Waals surface area (Å²) in [5, 5.41) is 5.64. The number of carbonyl (C=O) groups excluding carboxylic acids is 2. The SMILES string of the molecule is O=C(NC(Cc1ccccc1)C(=O)NCC#Cc1ccccc1)c1ccccc1. The van der Waals surface area contributed by atoms with Gasteiger partial charge in [0.2, 0.25) is 5.91 Å². The third kappa shape index (κ3) is 6.37. The second-order valence-corrected chi connectivity index (χ2v) is 6.47. The summed E-state index contributed by atoms with van der Waals surface area (Å²) < 4.78 is 0. The quantitative estimate of drug-likeness (QED) is 0.644. The fourth-order valence-electron chi connectivity index (χ4n) is 2.81. The van der Waals surface area contributed by atoms with Crippen LogP contribution in [0.1, 0.15) is 21.5 Å². The number of hydrogen-bond acceptors (Lipinski definition) is 2. The van der Waals surface area contributed by atoms with Crippen molar-refractivity contribution in [2.45, 2.75) is 12.5 Å². The Kier molecular flexibility index (Phi) is 7.20. The summed E-state index contributed by atoms with van der Waals surface area (Å²) in [4.78, 5) is 25.3. The first-order valence-corrected chi connectivity index (χ1v) is 9.44. The smallest absolute Gasteiger partial charge is 0.251 e. The summed E-state index contributed by atoms with van der Waals surface area (Å²) >= 11 is 0. The highest BCUT2D eigenvalue weighted by atomic mass is 16.2. The molecule has 0 bridgehead atoms. The van der Waals surface area contributed by atoms with Crippen molar-refractivity contribution in [2.24, 2.45) is 0 Å². The number of amides is 2. The van der Waals surface area contributed by atoms with Crippen molar-refractivity contribution in [3.8, 4) is 11.8 Å². The van der Waals surface area contributed by atoms with Crippen LogP contribution in [-0.2, 0) is 11.2 Å². The molecule has 0 spiro atoms. The lowest BCUT2D eigenvalue weighted by Gasteiger charge is -2.18. The maximum absolute atomic E-state index is 12.7. The average Bonchev–Trinajstić information content (AvgIpc) is 2.78.